The molecule has 9 heteroatoms. The molecular formula is C15H10BrN3O4S. The fourth-order valence-corrected chi connectivity index (χ4v) is 3.51. The molecule has 0 atom stereocenters. The molecule has 3 aromatic rings. The molecular weight excluding hydrogens is 398 g/mol. The predicted molar refractivity (Wildman–Crippen MR) is 93.0 cm³/mol. The average molecular weight is 408 g/mol. The van der Waals surface area contributed by atoms with Crippen LogP contribution in [-0.4, -0.2) is 15.4 Å². The summed E-state index contributed by atoms with van der Waals surface area (Å²) in [5.74, 6) is -0.421. The highest BCUT2D eigenvalue weighted by atomic mass is 79.9. The van der Waals surface area contributed by atoms with Crippen LogP contribution in [0.2, 0.25) is 0 Å². The lowest BCUT2D eigenvalue weighted by atomic mass is 10.3. The second-order valence-corrected chi connectivity index (χ2v) is 6.50. The third-order valence-electron chi connectivity index (χ3n) is 3.17. The molecule has 122 valence electrons. The van der Waals surface area contributed by atoms with Crippen molar-refractivity contribution in [3.8, 4) is 0 Å². The van der Waals surface area contributed by atoms with Gasteiger partial charge in [0, 0.05) is 18.7 Å². The fourth-order valence-electron chi connectivity index (χ4n) is 2.14. The van der Waals surface area contributed by atoms with Gasteiger partial charge in [-0.1, -0.05) is 17.4 Å². The lowest BCUT2D eigenvalue weighted by Gasteiger charge is -2.00. The summed E-state index contributed by atoms with van der Waals surface area (Å²) in [5.41, 5.74) is 0.736. The minimum Gasteiger partial charge on any atom is -0.444 e. The first-order chi connectivity index (χ1) is 11.5. The zero-order chi connectivity index (χ0) is 17.3. The number of carbonyl (C=O) groups is 1. The lowest BCUT2D eigenvalue weighted by molar-refractivity contribution is -0.384. The van der Waals surface area contributed by atoms with Gasteiger partial charge in [-0.25, -0.2) is 0 Å². The van der Waals surface area contributed by atoms with Crippen molar-refractivity contribution < 1.29 is 14.1 Å². The number of benzene rings is 1. The Morgan fingerprint density at radius 1 is 1.46 bits per heavy atom. The first kappa shape index (κ1) is 16.3. The van der Waals surface area contributed by atoms with Gasteiger partial charge in [-0.3, -0.25) is 14.9 Å². The van der Waals surface area contributed by atoms with Crippen LogP contribution in [0.4, 0.5) is 5.69 Å². The molecule has 0 bridgehead atoms. The van der Waals surface area contributed by atoms with E-state index in [1.807, 2.05) is 0 Å². The van der Waals surface area contributed by atoms with E-state index in [9.17, 15) is 14.9 Å². The summed E-state index contributed by atoms with van der Waals surface area (Å²) in [5, 5.41) is 10.9. The van der Waals surface area contributed by atoms with E-state index in [0.29, 0.717) is 20.7 Å². The van der Waals surface area contributed by atoms with E-state index in [1.54, 1.807) is 22.8 Å². The molecule has 1 amide bonds. The maximum Gasteiger partial charge on any atom is 0.315 e. The van der Waals surface area contributed by atoms with Crippen LogP contribution < -0.4 is 4.80 Å². The SMILES string of the molecule is C=CCn1c(=NC(=O)c2ccc(Br)o2)sc2cc([N+](=O)[O-])ccc21. The number of halogens is 1. The average Bonchev–Trinajstić information content (AvgIpc) is 3.11. The Morgan fingerprint density at radius 3 is 2.88 bits per heavy atom. The van der Waals surface area contributed by atoms with E-state index in [1.165, 1.54) is 29.5 Å². The Bertz CT molecular complexity index is 1030. The zero-order valence-corrected chi connectivity index (χ0v) is 14.5. The van der Waals surface area contributed by atoms with Gasteiger partial charge >= 0.3 is 5.91 Å². The molecule has 0 aliphatic heterocycles. The summed E-state index contributed by atoms with van der Waals surface area (Å²) in [6.07, 6.45) is 1.67. The van der Waals surface area contributed by atoms with Crippen molar-refractivity contribution in [2.75, 3.05) is 0 Å². The van der Waals surface area contributed by atoms with Gasteiger partial charge in [0.25, 0.3) is 5.69 Å². The molecule has 0 fully saturated rings. The molecule has 1 aromatic carbocycles. The van der Waals surface area contributed by atoms with Crippen LogP contribution in [0.5, 0.6) is 0 Å². The van der Waals surface area contributed by atoms with Gasteiger partial charge in [0.05, 0.1) is 15.1 Å². The summed E-state index contributed by atoms with van der Waals surface area (Å²) >= 11 is 4.33. The molecule has 0 spiro atoms. The van der Waals surface area contributed by atoms with Crippen LogP contribution >= 0.6 is 27.3 Å². The molecule has 0 saturated carbocycles. The van der Waals surface area contributed by atoms with Crippen molar-refractivity contribution >= 4 is 49.1 Å². The topological polar surface area (TPSA) is 90.6 Å². The number of amides is 1. The third-order valence-corrected chi connectivity index (χ3v) is 4.64. The molecule has 24 heavy (non-hydrogen) atoms. The highest BCUT2D eigenvalue weighted by Gasteiger charge is 2.14. The number of nitro groups is 1. The number of allylic oxidation sites excluding steroid dienone is 1. The van der Waals surface area contributed by atoms with Crippen LogP contribution in [-0.2, 0) is 6.54 Å². The Balaban J connectivity index is 2.16. The van der Waals surface area contributed by atoms with Crippen molar-refractivity contribution in [2.24, 2.45) is 4.99 Å². The van der Waals surface area contributed by atoms with E-state index >= 15 is 0 Å². The van der Waals surface area contributed by atoms with Gasteiger partial charge < -0.3 is 8.98 Å². The number of nitro benzene ring substituents is 1. The maximum atomic E-state index is 12.2. The smallest absolute Gasteiger partial charge is 0.315 e. The molecule has 0 unspecified atom stereocenters. The van der Waals surface area contributed by atoms with Crippen molar-refractivity contribution in [3.63, 3.8) is 0 Å². The number of thiazole rings is 1. The normalized spacial score (nSPS) is 11.8. The highest BCUT2D eigenvalue weighted by Crippen LogP contribution is 2.23. The van der Waals surface area contributed by atoms with Gasteiger partial charge in [0.15, 0.2) is 15.2 Å². The number of fused-ring (bicyclic) bond motifs is 1. The number of carbonyl (C=O) groups excluding carboxylic acids is 1. The van der Waals surface area contributed by atoms with Crippen LogP contribution in [0.15, 0.2) is 57.1 Å². The first-order valence-corrected chi connectivity index (χ1v) is 8.33. The zero-order valence-electron chi connectivity index (χ0n) is 12.1. The summed E-state index contributed by atoms with van der Waals surface area (Å²) < 4.78 is 8.07. The van der Waals surface area contributed by atoms with Gasteiger partial charge in [-0.05, 0) is 34.1 Å². The Kier molecular flexibility index (Phi) is 4.45. The Hall–Kier alpha value is -2.52. The molecule has 7 nitrogen and oxygen atoms in total. The number of aromatic nitrogens is 1. The fraction of sp³-hybridized carbons (Fsp3) is 0.0667. The van der Waals surface area contributed by atoms with E-state index in [-0.39, 0.29) is 11.4 Å². The number of nitrogens with zero attached hydrogens (tertiary/aromatic N) is 3. The van der Waals surface area contributed by atoms with Gasteiger partial charge in [0.2, 0.25) is 0 Å². The minimum absolute atomic E-state index is 0.0117. The van der Waals surface area contributed by atoms with Crippen molar-refractivity contribution in [2.45, 2.75) is 6.54 Å². The quantitative estimate of drug-likeness (QED) is 0.372. The van der Waals surface area contributed by atoms with Crippen molar-refractivity contribution in [1.82, 2.24) is 4.57 Å². The number of rotatable bonds is 4. The maximum absolute atomic E-state index is 12.2. The Morgan fingerprint density at radius 2 is 2.25 bits per heavy atom. The molecule has 0 aliphatic carbocycles. The molecule has 2 heterocycles. The van der Waals surface area contributed by atoms with Crippen LogP contribution in [0.1, 0.15) is 10.6 Å². The van der Waals surface area contributed by atoms with Crippen molar-refractivity contribution in [1.29, 1.82) is 0 Å². The predicted octanol–water partition coefficient (Wildman–Crippen LogP) is 3.89. The summed E-state index contributed by atoms with van der Waals surface area (Å²) in [6.45, 7) is 4.12. The van der Waals surface area contributed by atoms with Crippen LogP contribution in [0.3, 0.4) is 0 Å². The van der Waals surface area contributed by atoms with Crippen molar-refractivity contribution in [3.05, 3.63) is 68.3 Å². The molecule has 0 aliphatic rings. The minimum atomic E-state index is -0.528. The summed E-state index contributed by atoms with van der Waals surface area (Å²) in [7, 11) is 0. The summed E-state index contributed by atoms with van der Waals surface area (Å²) in [4.78, 5) is 27.2. The summed E-state index contributed by atoms with van der Waals surface area (Å²) in [6, 6.07) is 7.65. The monoisotopic (exact) mass is 407 g/mol. The molecule has 2 aromatic heterocycles. The standard InChI is InChI=1S/C15H10BrN3O4S/c1-2-7-18-10-4-3-9(19(21)22)8-12(10)24-15(18)17-14(20)11-5-6-13(16)23-11/h2-6,8H,1,7H2. The largest absolute Gasteiger partial charge is 0.444 e. The molecule has 3 rings (SSSR count). The number of furan rings is 1. The number of non-ortho nitro benzene ring substituents is 1. The van der Waals surface area contributed by atoms with E-state index in [4.69, 9.17) is 4.42 Å². The van der Waals surface area contributed by atoms with E-state index in [2.05, 4.69) is 27.5 Å². The lowest BCUT2D eigenvalue weighted by Crippen LogP contribution is -2.16. The number of hydrogen-bond donors (Lipinski definition) is 0. The van der Waals surface area contributed by atoms with E-state index < -0.39 is 10.8 Å². The first-order valence-electron chi connectivity index (χ1n) is 6.72. The highest BCUT2D eigenvalue weighted by molar-refractivity contribution is 9.10. The van der Waals surface area contributed by atoms with E-state index in [0.717, 1.165) is 5.52 Å². The molecule has 0 radical (unpaired) electrons. The second-order valence-electron chi connectivity index (χ2n) is 4.71. The third kappa shape index (κ3) is 3.08. The second kappa shape index (κ2) is 6.54. The van der Waals surface area contributed by atoms with Gasteiger partial charge in [-0.2, -0.15) is 4.99 Å². The van der Waals surface area contributed by atoms with Crippen LogP contribution in [0, 0.1) is 10.1 Å². The molecule has 0 N–H and O–H groups in total. The number of hydrogen-bond acceptors (Lipinski definition) is 5. The van der Waals surface area contributed by atoms with Gasteiger partial charge in [0.1, 0.15) is 0 Å². The van der Waals surface area contributed by atoms with Crippen LogP contribution in [0.25, 0.3) is 10.2 Å². The molecule has 0 saturated heterocycles. The Labute approximate surface area is 147 Å². The van der Waals surface area contributed by atoms with Gasteiger partial charge in [-0.15, -0.1) is 6.58 Å².